The second kappa shape index (κ2) is 9.76. The highest BCUT2D eigenvalue weighted by Crippen LogP contribution is 2.19. The van der Waals surface area contributed by atoms with Crippen molar-refractivity contribution in [2.24, 2.45) is 5.92 Å². The maximum Gasteiger partial charge on any atom is 0.315 e. The molecule has 3 amide bonds. The summed E-state index contributed by atoms with van der Waals surface area (Å²) in [5.41, 5.74) is 2.23. The molecule has 27 heavy (non-hydrogen) atoms. The summed E-state index contributed by atoms with van der Waals surface area (Å²) < 4.78 is 0. The Labute approximate surface area is 160 Å². The number of likely N-dealkylation sites (tertiary alicyclic amines) is 1. The third-order valence-electron chi connectivity index (χ3n) is 4.99. The molecule has 0 radical (unpaired) electrons. The number of carbonyl (C=O) groups is 2. The first-order chi connectivity index (χ1) is 13.2. The molecule has 1 aliphatic rings. The van der Waals surface area contributed by atoms with Crippen LogP contribution in [0.4, 0.5) is 4.79 Å². The quantitative estimate of drug-likeness (QED) is 0.825. The molecule has 0 spiro atoms. The number of nitrogens with zero attached hydrogens (tertiary/aromatic N) is 1. The number of carbonyl (C=O) groups excluding carboxylic acids is 2. The monoisotopic (exact) mass is 365 g/mol. The van der Waals surface area contributed by atoms with Crippen LogP contribution in [0.3, 0.4) is 0 Å². The zero-order chi connectivity index (χ0) is 18.9. The van der Waals surface area contributed by atoms with Crippen molar-refractivity contribution in [1.82, 2.24) is 15.5 Å². The molecule has 0 aliphatic carbocycles. The van der Waals surface area contributed by atoms with Gasteiger partial charge in [-0.1, -0.05) is 60.7 Å². The molecule has 2 aromatic rings. The normalized spacial score (nSPS) is 17.3. The predicted octanol–water partition coefficient (Wildman–Crippen LogP) is 3.31. The van der Waals surface area contributed by atoms with Crippen molar-refractivity contribution in [2.75, 3.05) is 13.1 Å². The van der Waals surface area contributed by atoms with Gasteiger partial charge in [0, 0.05) is 32.6 Å². The van der Waals surface area contributed by atoms with Gasteiger partial charge in [-0.25, -0.2) is 4.79 Å². The van der Waals surface area contributed by atoms with E-state index in [2.05, 4.69) is 10.6 Å². The van der Waals surface area contributed by atoms with Gasteiger partial charge in [-0.05, 0) is 29.9 Å². The topological polar surface area (TPSA) is 61.4 Å². The van der Waals surface area contributed by atoms with Gasteiger partial charge in [-0.2, -0.15) is 0 Å². The van der Waals surface area contributed by atoms with Crippen LogP contribution in [0.15, 0.2) is 60.7 Å². The Morgan fingerprint density at radius 3 is 2.30 bits per heavy atom. The molecule has 5 nitrogen and oxygen atoms in total. The lowest BCUT2D eigenvalue weighted by Crippen LogP contribution is -2.38. The lowest BCUT2D eigenvalue weighted by atomic mass is 10.0. The molecule has 0 bridgehead atoms. The van der Waals surface area contributed by atoms with E-state index in [0.29, 0.717) is 32.0 Å². The summed E-state index contributed by atoms with van der Waals surface area (Å²) in [5.74, 6) is 0.534. The minimum Gasteiger partial charge on any atom is -0.338 e. The summed E-state index contributed by atoms with van der Waals surface area (Å²) >= 11 is 0. The summed E-state index contributed by atoms with van der Waals surface area (Å²) in [6, 6.07) is 19.8. The van der Waals surface area contributed by atoms with Gasteiger partial charge in [0.25, 0.3) is 0 Å². The molecule has 3 rings (SSSR count). The summed E-state index contributed by atoms with van der Waals surface area (Å²) in [4.78, 5) is 26.3. The SMILES string of the molecule is O=C(NCc1ccccc1)NCC1CCC(=O)N(Cc2ccccc2)CC1. The molecule has 1 fully saturated rings. The van der Waals surface area contributed by atoms with Gasteiger partial charge in [0.15, 0.2) is 0 Å². The largest absolute Gasteiger partial charge is 0.338 e. The van der Waals surface area contributed by atoms with Gasteiger partial charge >= 0.3 is 6.03 Å². The molecule has 1 atom stereocenters. The van der Waals surface area contributed by atoms with E-state index in [0.717, 1.165) is 30.5 Å². The predicted molar refractivity (Wildman–Crippen MR) is 106 cm³/mol. The minimum atomic E-state index is -0.157. The summed E-state index contributed by atoms with van der Waals surface area (Å²) in [6.07, 6.45) is 2.28. The van der Waals surface area contributed by atoms with Crippen LogP contribution in [0.1, 0.15) is 30.4 Å². The first-order valence-corrected chi connectivity index (χ1v) is 9.58. The van der Waals surface area contributed by atoms with Gasteiger partial charge in [0.1, 0.15) is 0 Å². The van der Waals surface area contributed by atoms with Crippen LogP contribution in [0.2, 0.25) is 0 Å². The van der Waals surface area contributed by atoms with Crippen molar-refractivity contribution in [2.45, 2.75) is 32.4 Å². The van der Waals surface area contributed by atoms with E-state index >= 15 is 0 Å². The molecule has 1 unspecified atom stereocenters. The first kappa shape index (κ1) is 19.0. The Hall–Kier alpha value is -2.82. The highest BCUT2D eigenvalue weighted by atomic mass is 16.2. The van der Waals surface area contributed by atoms with Crippen molar-refractivity contribution in [3.05, 3.63) is 71.8 Å². The number of rotatable bonds is 6. The van der Waals surface area contributed by atoms with Crippen LogP contribution in [0.25, 0.3) is 0 Å². The summed E-state index contributed by atoms with van der Waals surface area (Å²) in [6.45, 7) is 2.52. The van der Waals surface area contributed by atoms with Gasteiger partial charge in [0.05, 0.1) is 0 Å². The Morgan fingerprint density at radius 1 is 0.926 bits per heavy atom. The van der Waals surface area contributed by atoms with Gasteiger partial charge in [-0.3, -0.25) is 4.79 Å². The van der Waals surface area contributed by atoms with E-state index in [1.165, 1.54) is 0 Å². The number of nitrogens with one attached hydrogen (secondary N) is 2. The number of amides is 3. The fourth-order valence-electron chi connectivity index (χ4n) is 3.35. The highest BCUT2D eigenvalue weighted by molar-refractivity contribution is 5.76. The average Bonchev–Trinajstić information content (AvgIpc) is 2.88. The van der Waals surface area contributed by atoms with Crippen LogP contribution in [-0.2, 0) is 17.9 Å². The van der Waals surface area contributed by atoms with Crippen molar-refractivity contribution in [3.8, 4) is 0 Å². The molecule has 0 saturated carbocycles. The molecule has 1 heterocycles. The third kappa shape index (κ3) is 6.13. The van der Waals surface area contributed by atoms with Crippen LogP contribution < -0.4 is 10.6 Å². The van der Waals surface area contributed by atoms with E-state index in [1.807, 2.05) is 65.6 Å². The maximum absolute atomic E-state index is 12.4. The lowest BCUT2D eigenvalue weighted by Gasteiger charge is -2.21. The fraction of sp³-hybridized carbons (Fsp3) is 0.364. The van der Waals surface area contributed by atoms with E-state index in [4.69, 9.17) is 0 Å². The summed E-state index contributed by atoms with van der Waals surface area (Å²) in [5, 5.41) is 5.83. The Kier molecular flexibility index (Phi) is 6.85. The molecule has 2 aromatic carbocycles. The molecule has 1 aliphatic heterocycles. The standard InChI is InChI=1S/C22H27N3O2/c26-21-12-11-19(13-14-25(21)17-20-9-5-2-6-10-20)16-24-22(27)23-15-18-7-3-1-4-8-18/h1-10,19H,11-17H2,(H2,23,24,27). The Balaban J connectivity index is 1.41. The molecule has 0 aromatic heterocycles. The van der Waals surface area contributed by atoms with E-state index in [9.17, 15) is 9.59 Å². The summed E-state index contributed by atoms with van der Waals surface area (Å²) in [7, 11) is 0. The third-order valence-corrected chi connectivity index (χ3v) is 4.99. The number of benzene rings is 2. The highest BCUT2D eigenvalue weighted by Gasteiger charge is 2.22. The zero-order valence-corrected chi connectivity index (χ0v) is 15.6. The van der Waals surface area contributed by atoms with Crippen molar-refractivity contribution >= 4 is 11.9 Å². The van der Waals surface area contributed by atoms with Crippen LogP contribution in [-0.4, -0.2) is 29.9 Å². The van der Waals surface area contributed by atoms with Gasteiger partial charge < -0.3 is 15.5 Å². The van der Waals surface area contributed by atoms with Crippen molar-refractivity contribution in [1.29, 1.82) is 0 Å². The van der Waals surface area contributed by atoms with Crippen molar-refractivity contribution < 1.29 is 9.59 Å². The Bertz CT molecular complexity index is 734. The van der Waals surface area contributed by atoms with E-state index in [1.54, 1.807) is 0 Å². The second-order valence-corrected chi connectivity index (χ2v) is 7.04. The maximum atomic E-state index is 12.4. The number of urea groups is 1. The first-order valence-electron chi connectivity index (χ1n) is 9.58. The number of hydrogen-bond donors (Lipinski definition) is 2. The molecular formula is C22H27N3O2. The van der Waals surface area contributed by atoms with Crippen LogP contribution in [0, 0.1) is 5.92 Å². The average molecular weight is 365 g/mol. The van der Waals surface area contributed by atoms with Crippen LogP contribution in [0.5, 0.6) is 0 Å². The minimum absolute atomic E-state index is 0.157. The van der Waals surface area contributed by atoms with Crippen LogP contribution >= 0.6 is 0 Å². The second-order valence-electron chi connectivity index (χ2n) is 7.04. The zero-order valence-electron chi connectivity index (χ0n) is 15.6. The molecule has 2 N–H and O–H groups in total. The lowest BCUT2D eigenvalue weighted by molar-refractivity contribution is -0.131. The van der Waals surface area contributed by atoms with E-state index < -0.39 is 0 Å². The molecular weight excluding hydrogens is 338 g/mol. The number of hydrogen-bond acceptors (Lipinski definition) is 2. The molecule has 5 heteroatoms. The Morgan fingerprint density at radius 2 is 1.59 bits per heavy atom. The smallest absolute Gasteiger partial charge is 0.315 e. The van der Waals surface area contributed by atoms with Gasteiger partial charge in [0.2, 0.25) is 5.91 Å². The molecule has 1 saturated heterocycles. The van der Waals surface area contributed by atoms with E-state index in [-0.39, 0.29) is 11.9 Å². The molecule has 142 valence electrons. The van der Waals surface area contributed by atoms with Crippen molar-refractivity contribution in [3.63, 3.8) is 0 Å². The fourth-order valence-corrected chi connectivity index (χ4v) is 3.35. The van der Waals surface area contributed by atoms with Gasteiger partial charge in [-0.15, -0.1) is 0 Å².